The van der Waals surface area contributed by atoms with E-state index < -0.39 is 0 Å². The number of nitrogens with zero attached hydrogens (tertiary/aromatic N) is 1. The van der Waals surface area contributed by atoms with E-state index in [4.69, 9.17) is 4.74 Å². The fourth-order valence-electron chi connectivity index (χ4n) is 2.25. The van der Waals surface area contributed by atoms with Crippen LogP contribution in [-0.2, 0) is 6.54 Å². The molecular formula is C17H15FN2O. The summed E-state index contributed by atoms with van der Waals surface area (Å²) in [7, 11) is 1.81. The number of ether oxygens (including phenoxy) is 1. The van der Waals surface area contributed by atoms with Gasteiger partial charge in [-0.1, -0.05) is 18.2 Å². The van der Waals surface area contributed by atoms with E-state index in [1.54, 1.807) is 12.3 Å². The van der Waals surface area contributed by atoms with E-state index in [0.717, 1.165) is 16.5 Å². The molecule has 3 nitrogen and oxygen atoms in total. The van der Waals surface area contributed by atoms with E-state index in [1.165, 1.54) is 12.1 Å². The topological polar surface area (TPSA) is 34.1 Å². The van der Waals surface area contributed by atoms with Gasteiger partial charge in [-0.2, -0.15) is 0 Å². The summed E-state index contributed by atoms with van der Waals surface area (Å²) < 4.78 is 19.3. The molecular weight excluding hydrogens is 267 g/mol. The number of rotatable bonds is 4. The zero-order valence-electron chi connectivity index (χ0n) is 11.6. The van der Waals surface area contributed by atoms with Gasteiger partial charge in [-0.3, -0.25) is 4.98 Å². The number of aromatic nitrogens is 1. The third-order valence-corrected chi connectivity index (χ3v) is 3.21. The van der Waals surface area contributed by atoms with E-state index >= 15 is 0 Å². The molecule has 0 fully saturated rings. The number of hydrogen-bond donors (Lipinski definition) is 1. The fraction of sp³-hybridized carbons (Fsp3) is 0.118. The summed E-state index contributed by atoms with van der Waals surface area (Å²) in [6.07, 6.45) is 1.73. The van der Waals surface area contributed by atoms with Crippen LogP contribution >= 0.6 is 0 Å². The molecule has 1 aromatic heterocycles. The van der Waals surface area contributed by atoms with Gasteiger partial charge in [0, 0.05) is 23.7 Å². The first-order valence-corrected chi connectivity index (χ1v) is 6.72. The first-order chi connectivity index (χ1) is 10.3. The lowest BCUT2D eigenvalue weighted by Crippen LogP contribution is -2.06. The molecule has 0 atom stereocenters. The minimum atomic E-state index is -0.274. The van der Waals surface area contributed by atoms with Crippen molar-refractivity contribution >= 4 is 10.9 Å². The molecule has 0 amide bonds. The van der Waals surface area contributed by atoms with Crippen molar-refractivity contribution in [3.63, 3.8) is 0 Å². The Morgan fingerprint density at radius 2 is 1.95 bits per heavy atom. The Labute approximate surface area is 122 Å². The van der Waals surface area contributed by atoms with Crippen LogP contribution in [0, 0.1) is 5.82 Å². The first-order valence-electron chi connectivity index (χ1n) is 6.72. The van der Waals surface area contributed by atoms with E-state index in [1.807, 2.05) is 37.4 Å². The largest absolute Gasteiger partial charge is 0.455 e. The Morgan fingerprint density at radius 3 is 2.81 bits per heavy atom. The van der Waals surface area contributed by atoms with Gasteiger partial charge in [0.1, 0.15) is 17.1 Å². The number of nitrogens with one attached hydrogen (secondary N) is 1. The number of fused-ring (bicyclic) bond motifs is 1. The molecule has 3 rings (SSSR count). The maximum Gasteiger partial charge on any atom is 0.153 e. The van der Waals surface area contributed by atoms with Crippen molar-refractivity contribution < 1.29 is 9.13 Å². The Kier molecular flexibility index (Phi) is 3.79. The van der Waals surface area contributed by atoms with E-state index in [-0.39, 0.29) is 5.82 Å². The number of para-hydroxylation sites is 1. The van der Waals surface area contributed by atoms with Gasteiger partial charge in [-0.15, -0.1) is 0 Å². The second-order valence-corrected chi connectivity index (χ2v) is 4.72. The average Bonchev–Trinajstić information content (AvgIpc) is 2.50. The SMILES string of the molecule is CNCc1cc(F)ccc1Oc1cccc2cccnc12. The molecule has 106 valence electrons. The van der Waals surface area contributed by atoms with E-state index in [9.17, 15) is 4.39 Å². The van der Waals surface area contributed by atoms with Gasteiger partial charge in [-0.05, 0) is 37.4 Å². The Hall–Kier alpha value is -2.46. The zero-order valence-corrected chi connectivity index (χ0v) is 11.6. The maximum absolute atomic E-state index is 13.4. The number of halogens is 1. The molecule has 0 unspecified atom stereocenters. The minimum absolute atomic E-state index is 0.274. The third-order valence-electron chi connectivity index (χ3n) is 3.21. The van der Waals surface area contributed by atoms with Crippen molar-refractivity contribution in [3.8, 4) is 11.5 Å². The summed E-state index contributed by atoms with van der Waals surface area (Å²) in [5.74, 6) is 1.02. The third kappa shape index (κ3) is 2.85. The van der Waals surface area contributed by atoms with Gasteiger partial charge in [0.2, 0.25) is 0 Å². The van der Waals surface area contributed by atoms with Crippen molar-refractivity contribution in [2.45, 2.75) is 6.54 Å². The molecule has 21 heavy (non-hydrogen) atoms. The summed E-state index contributed by atoms with van der Waals surface area (Å²) in [6.45, 7) is 0.533. The molecule has 0 aliphatic carbocycles. The van der Waals surface area contributed by atoms with Crippen molar-refractivity contribution in [1.82, 2.24) is 10.3 Å². The summed E-state index contributed by atoms with van der Waals surface area (Å²) >= 11 is 0. The Morgan fingerprint density at radius 1 is 1.10 bits per heavy atom. The van der Waals surface area contributed by atoms with Crippen molar-refractivity contribution in [1.29, 1.82) is 0 Å². The zero-order chi connectivity index (χ0) is 14.7. The normalized spacial score (nSPS) is 10.8. The standard InChI is InChI=1S/C17H15FN2O/c1-19-11-13-10-14(18)7-8-15(13)21-16-6-2-4-12-5-3-9-20-17(12)16/h2-10,19H,11H2,1H3. The van der Waals surface area contributed by atoms with Gasteiger partial charge in [0.15, 0.2) is 5.75 Å². The van der Waals surface area contributed by atoms with Crippen molar-refractivity contribution in [3.05, 3.63) is 66.1 Å². The molecule has 2 aromatic carbocycles. The number of benzene rings is 2. The summed E-state index contributed by atoms with van der Waals surface area (Å²) in [4.78, 5) is 4.36. The van der Waals surface area contributed by atoms with E-state index in [0.29, 0.717) is 18.0 Å². The molecule has 4 heteroatoms. The van der Waals surface area contributed by atoms with Crippen molar-refractivity contribution in [2.75, 3.05) is 7.05 Å². The van der Waals surface area contributed by atoms with Crippen LogP contribution in [0.25, 0.3) is 10.9 Å². The second-order valence-electron chi connectivity index (χ2n) is 4.72. The van der Waals surface area contributed by atoms with Crippen LogP contribution in [0.3, 0.4) is 0 Å². The van der Waals surface area contributed by atoms with Gasteiger partial charge in [0.05, 0.1) is 0 Å². The number of pyridine rings is 1. The van der Waals surface area contributed by atoms with Crippen molar-refractivity contribution in [2.24, 2.45) is 0 Å². The molecule has 3 aromatic rings. The second kappa shape index (κ2) is 5.89. The van der Waals surface area contributed by atoms with Gasteiger partial charge >= 0.3 is 0 Å². The van der Waals surface area contributed by atoms with Crippen LogP contribution in [0.1, 0.15) is 5.56 Å². The maximum atomic E-state index is 13.4. The number of hydrogen-bond acceptors (Lipinski definition) is 3. The smallest absolute Gasteiger partial charge is 0.153 e. The van der Waals surface area contributed by atoms with Crippen LogP contribution in [-0.4, -0.2) is 12.0 Å². The summed E-state index contributed by atoms with van der Waals surface area (Å²) in [6, 6.07) is 14.1. The monoisotopic (exact) mass is 282 g/mol. The molecule has 0 aliphatic rings. The lowest BCUT2D eigenvalue weighted by Gasteiger charge is -2.12. The summed E-state index contributed by atoms with van der Waals surface area (Å²) in [5.41, 5.74) is 1.56. The quantitative estimate of drug-likeness (QED) is 0.788. The van der Waals surface area contributed by atoms with Crippen LogP contribution in [0.15, 0.2) is 54.7 Å². The minimum Gasteiger partial charge on any atom is -0.455 e. The van der Waals surface area contributed by atoms with Gasteiger partial charge in [0.25, 0.3) is 0 Å². The first kappa shape index (κ1) is 13.5. The average molecular weight is 282 g/mol. The highest BCUT2D eigenvalue weighted by Crippen LogP contribution is 2.30. The molecule has 0 spiro atoms. The van der Waals surface area contributed by atoms with Gasteiger partial charge < -0.3 is 10.1 Å². The van der Waals surface area contributed by atoms with Crippen LogP contribution in [0.2, 0.25) is 0 Å². The molecule has 0 saturated carbocycles. The molecule has 1 heterocycles. The highest BCUT2D eigenvalue weighted by Gasteiger charge is 2.09. The Balaban J connectivity index is 2.02. The molecule has 0 aliphatic heterocycles. The predicted octanol–water partition coefficient (Wildman–Crippen LogP) is 3.89. The molecule has 0 radical (unpaired) electrons. The highest BCUT2D eigenvalue weighted by molar-refractivity contribution is 5.84. The molecule has 1 N–H and O–H groups in total. The summed E-state index contributed by atoms with van der Waals surface area (Å²) in [5, 5.41) is 4.02. The van der Waals surface area contributed by atoms with Gasteiger partial charge in [-0.25, -0.2) is 4.39 Å². The molecule has 0 saturated heterocycles. The Bertz CT molecular complexity index is 768. The lowest BCUT2D eigenvalue weighted by molar-refractivity contribution is 0.476. The van der Waals surface area contributed by atoms with E-state index in [2.05, 4.69) is 10.3 Å². The lowest BCUT2D eigenvalue weighted by atomic mass is 10.2. The van der Waals surface area contributed by atoms with Crippen LogP contribution in [0.4, 0.5) is 4.39 Å². The predicted molar refractivity (Wildman–Crippen MR) is 81.0 cm³/mol. The highest BCUT2D eigenvalue weighted by atomic mass is 19.1. The molecule has 0 bridgehead atoms. The van der Waals surface area contributed by atoms with Crippen LogP contribution in [0.5, 0.6) is 11.5 Å². The van der Waals surface area contributed by atoms with Crippen LogP contribution < -0.4 is 10.1 Å². The fourth-order valence-corrected chi connectivity index (χ4v) is 2.25.